The van der Waals surface area contributed by atoms with Gasteiger partial charge in [-0.25, -0.2) is 0 Å². The van der Waals surface area contributed by atoms with E-state index in [4.69, 9.17) is 5.11 Å². The first-order valence-corrected chi connectivity index (χ1v) is 5.07. The van der Waals surface area contributed by atoms with E-state index in [1.54, 1.807) is 0 Å². The van der Waals surface area contributed by atoms with E-state index in [-0.39, 0.29) is 6.61 Å². The second-order valence-corrected chi connectivity index (χ2v) is 3.80. The van der Waals surface area contributed by atoms with E-state index in [0.717, 1.165) is 19.5 Å². The molecule has 0 aliphatic heterocycles. The van der Waals surface area contributed by atoms with Crippen molar-refractivity contribution in [2.24, 2.45) is 0 Å². The standard InChI is InChI=1S/C12H19NO/c1-11-5-3-6-12(9-11)10-13(2)7-4-8-14/h3,5-6,9,14H,4,7-8,10H2,1-2H3. The average molecular weight is 193 g/mol. The minimum absolute atomic E-state index is 0.276. The summed E-state index contributed by atoms with van der Waals surface area (Å²) in [7, 11) is 2.08. The zero-order chi connectivity index (χ0) is 10.4. The number of aryl methyl sites for hydroxylation is 1. The maximum Gasteiger partial charge on any atom is 0.0443 e. The molecule has 0 atom stereocenters. The third-order valence-electron chi connectivity index (χ3n) is 2.23. The summed E-state index contributed by atoms with van der Waals surface area (Å²) in [5.74, 6) is 0. The number of benzene rings is 1. The smallest absolute Gasteiger partial charge is 0.0443 e. The van der Waals surface area contributed by atoms with E-state index >= 15 is 0 Å². The van der Waals surface area contributed by atoms with Gasteiger partial charge in [-0.1, -0.05) is 29.8 Å². The first kappa shape index (κ1) is 11.2. The SMILES string of the molecule is Cc1cccc(CN(C)CCCO)c1. The van der Waals surface area contributed by atoms with Crippen molar-refractivity contribution in [2.45, 2.75) is 19.9 Å². The molecular weight excluding hydrogens is 174 g/mol. The molecule has 0 unspecified atom stereocenters. The molecule has 0 bridgehead atoms. The fourth-order valence-electron chi connectivity index (χ4n) is 1.54. The molecule has 0 fully saturated rings. The predicted octanol–water partition coefficient (Wildman–Crippen LogP) is 1.81. The van der Waals surface area contributed by atoms with E-state index in [1.807, 2.05) is 0 Å². The molecular formula is C12H19NO. The zero-order valence-corrected chi connectivity index (χ0v) is 9.03. The first-order valence-electron chi connectivity index (χ1n) is 5.07. The molecule has 0 spiro atoms. The van der Waals surface area contributed by atoms with Gasteiger partial charge in [0.15, 0.2) is 0 Å². The molecule has 78 valence electrons. The summed E-state index contributed by atoms with van der Waals surface area (Å²) < 4.78 is 0. The molecule has 0 aliphatic carbocycles. The number of rotatable bonds is 5. The topological polar surface area (TPSA) is 23.5 Å². The summed E-state index contributed by atoms with van der Waals surface area (Å²) in [4.78, 5) is 2.23. The van der Waals surface area contributed by atoms with Crippen molar-refractivity contribution in [3.63, 3.8) is 0 Å². The lowest BCUT2D eigenvalue weighted by molar-refractivity contribution is 0.244. The van der Waals surface area contributed by atoms with Crippen LogP contribution in [0.15, 0.2) is 24.3 Å². The molecule has 1 rings (SSSR count). The molecule has 0 radical (unpaired) electrons. The molecule has 0 aliphatic rings. The van der Waals surface area contributed by atoms with Crippen molar-refractivity contribution in [1.82, 2.24) is 4.90 Å². The Morgan fingerprint density at radius 2 is 2.14 bits per heavy atom. The van der Waals surface area contributed by atoms with Gasteiger partial charge in [-0.05, 0) is 26.0 Å². The van der Waals surface area contributed by atoms with Gasteiger partial charge in [0.2, 0.25) is 0 Å². The van der Waals surface area contributed by atoms with Gasteiger partial charge in [0.05, 0.1) is 0 Å². The monoisotopic (exact) mass is 193 g/mol. The molecule has 14 heavy (non-hydrogen) atoms. The molecule has 0 heterocycles. The zero-order valence-electron chi connectivity index (χ0n) is 9.03. The Labute approximate surface area is 86.2 Å². The van der Waals surface area contributed by atoms with Crippen LogP contribution in [0.5, 0.6) is 0 Å². The van der Waals surface area contributed by atoms with Crippen LogP contribution in [-0.4, -0.2) is 30.2 Å². The van der Waals surface area contributed by atoms with Gasteiger partial charge in [-0.15, -0.1) is 0 Å². The minimum Gasteiger partial charge on any atom is -0.396 e. The van der Waals surface area contributed by atoms with E-state index in [1.165, 1.54) is 11.1 Å². The molecule has 0 saturated carbocycles. The molecule has 1 N–H and O–H groups in total. The van der Waals surface area contributed by atoms with Gasteiger partial charge >= 0.3 is 0 Å². The molecule has 2 heteroatoms. The number of aliphatic hydroxyl groups excluding tert-OH is 1. The van der Waals surface area contributed by atoms with Crippen molar-refractivity contribution in [3.05, 3.63) is 35.4 Å². The summed E-state index contributed by atoms with van der Waals surface area (Å²) in [6.07, 6.45) is 0.850. The highest BCUT2D eigenvalue weighted by molar-refractivity contribution is 5.21. The maximum absolute atomic E-state index is 8.70. The normalized spacial score (nSPS) is 10.9. The van der Waals surface area contributed by atoms with Gasteiger partial charge in [0.25, 0.3) is 0 Å². The maximum atomic E-state index is 8.70. The van der Waals surface area contributed by atoms with Crippen molar-refractivity contribution in [3.8, 4) is 0 Å². The van der Waals surface area contributed by atoms with Crippen molar-refractivity contribution in [2.75, 3.05) is 20.2 Å². The summed E-state index contributed by atoms with van der Waals surface area (Å²) >= 11 is 0. The van der Waals surface area contributed by atoms with Crippen LogP contribution >= 0.6 is 0 Å². The van der Waals surface area contributed by atoms with Crippen LogP contribution in [-0.2, 0) is 6.54 Å². The Hall–Kier alpha value is -0.860. The molecule has 0 saturated heterocycles. The van der Waals surface area contributed by atoms with Crippen molar-refractivity contribution in [1.29, 1.82) is 0 Å². The second-order valence-electron chi connectivity index (χ2n) is 3.80. The fourth-order valence-corrected chi connectivity index (χ4v) is 1.54. The van der Waals surface area contributed by atoms with E-state index in [2.05, 4.69) is 43.1 Å². The Morgan fingerprint density at radius 3 is 2.79 bits per heavy atom. The van der Waals surface area contributed by atoms with E-state index in [9.17, 15) is 0 Å². The van der Waals surface area contributed by atoms with E-state index < -0.39 is 0 Å². The number of hydrogen-bond donors (Lipinski definition) is 1. The van der Waals surface area contributed by atoms with Crippen LogP contribution in [0.25, 0.3) is 0 Å². The van der Waals surface area contributed by atoms with Gasteiger partial charge in [-0.2, -0.15) is 0 Å². The second kappa shape index (κ2) is 5.78. The molecule has 1 aromatic carbocycles. The van der Waals surface area contributed by atoms with Gasteiger partial charge in [0.1, 0.15) is 0 Å². The van der Waals surface area contributed by atoms with Crippen LogP contribution in [0, 0.1) is 6.92 Å². The van der Waals surface area contributed by atoms with Gasteiger partial charge in [0, 0.05) is 19.7 Å². The van der Waals surface area contributed by atoms with Gasteiger partial charge in [-0.3, -0.25) is 0 Å². The van der Waals surface area contributed by atoms with E-state index in [0.29, 0.717) is 0 Å². The molecule has 2 nitrogen and oxygen atoms in total. The number of nitrogens with zero attached hydrogens (tertiary/aromatic N) is 1. The van der Waals surface area contributed by atoms with Crippen LogP contribution in [0.4, 0.5) is 0 Å². The summed E-state index contributed by atoms with van der Waals surface area (Å²) in [5.41, 5.74) is 2.64. The summed E-state index contributed by atoms with van der Waals surface area (Å²) in [5, 5.41) is 8.70. The van der Waals surface area contributed by atoms with Crippen LogP contribution in [0.1, 0.15) is 17.5 Å². The lowest BCUT2D eigenvalue weighted by atomic mass is 10.1. The summed E-state index contributed by atoms with van der Waals surface area (Å²) in [6, 6.07) is 8.54. The lowest BCUT2D eigenvalue weighted by Gasteiger charge is -2.16. The molecule has 0 aromatic heterocycles. The fraction of sp³-hybridized carbons (Fsp3) is 0.500. The van der Waals surface area contributed by atoms with Gasteiger partial charge < -0.3 is 10.0 Å². The Balaban J connectivity index is 2.43. The Morgan fingerprint density at radius 1 is 1.36 bits per heavy atom. The van der Waals surface area contributed by atoms with Crippen LogP contribution < -0.4 is 0 Å². The van der Waals surface area contributed by atoms with Crippen LogP contribution in [0.2, 0.25) is 0 Å². The van der Waals surface area contributed by atoms with Crippen molar-refractivity contribution >= 4 is 0 Å². The third-order valence-corrected chi connectivity index (χ3v) is 2.23. The Bertz CT molecular complexity index is 273. The predicted molar refractivity (Wildman–Crippen MR) is 59.2 cm³/mol. The highest BCUT2D eigenvalue weighted by Gasteiger charge is 1.99. The number of aliphatic hydroxyl groups is 1. The highest BCUT2D eigenvalue weighted by Crippen LogP contribution is 2.06. The molecule has 1 aromatic rings. The Kier molecular flexibility index (Phi) is 4.63. The number of hydrogen-bond acceptors (Lipinski definition) is 2. The van der Waals surface area contributed by atoms with Crippen molar-refractivity contribution < 1.29 is 5.11 Å². The summed E-state index contributed by atoms with van der Waals surface area (Å²) in [6.45, 7) is 4.29. The van der Waals surface area contributed by atoms with Crippen LogP contribution in [0.3, 0.4) is 0 Å². The molecule has 0 amide bonds. The third kappa shape index (κ3) is 3.90. The lowest BCUT2D eigenvalue weighted by Crippen LogP contribution is -2.19. The largest absolute Gasteiger partial charge is 0.396 e. The highest BCUT2D eigenvalue weighted by atomic mass is 16.3. The first-order chi connectivity index (χ1) is 6.72. The minimum atomic E-state index is 0.276. The average Bonchev–Trinajstić information content (AvgIpc) is 2.15. The quantitative estimate of drug-likeness (QED) is 0.771.